The summed E-state index contributed by atoms with van der Waals surface area (Å²) in [6.45, 7) is 5.05. The van der Waals surface area contributed by atoms with Crippen molar-refractivity contribution in [2.45, 2.75) is 83.2 Å². The van der Waals surface area contributed by atoms with Crippen LogP contribution in [0.15, 0.2) is 0 Å². The summed E-state index contributed by atoms with van der Waals surface area (Å²) in [5.74, 6) is -2.05. The van der Waals surface area contributed by atoms with Crippen LogP contribution in [0.3, 0.4) is 0 Å². The molecular formula is C20H33N3O6. The molecule has 9 heteroatoms. The first-order valence-corrected chi connectivity index (χ1v) is 10.3. The molecule has 9 nitrogen and oxygen atoms in total. The van der Waals surface area contributed by atoms with Crippen molar-refractivity contribution in [3.63, 3.8) is 0 Å². The molecule has 2 aliphatic heterocycles. The molecule has 3 unspecified atom stereocenters. The number of carbonyl (C=O) groups is 4. The van der Waals surface area contributed by atoms with E-state index in [-0.39, 0.29) is 23.9 Å². The molecule has 0 aromatic rings. The topological polar surface area (TPSA) is 141 Å². The fraction of sp³-hybridized carbons (Fsp3) is 0.800. The maximum absolute atomic E-state index is 13.2. The van der Waals surface area contributed by atoms with Gasteiger partial charge in [-0.25, -0.2) is 0 Å². The van der Waals surface area contributed by atoms with E-state index >= 15 is 0 Å². The average molecular weight is 411 g/mol. The van der Waals surface area contributed by atoms with Crippen LogP contribution in [0.25, 0.3) is 0 Å². The quantitative estimate of drug-likeness (QED) is 0.476. The Hall–Kier alpha value is -1.84. The summed E-state index contributed by atoms with van der Waals surface area (Å²) >= 11 is 0. The molecule has 2 rings (SSSR count). The van der Waals surface area contributed by atoms with E-state index in [9.17, 15) is 29.4 Å². The molecule has 0 aromatic carbocycles. The number of hydrogen-bond acceptors (Lipinski definition) is 7. The third-order valence-corrected chi connectivity index (χ3v) is 6.06. The van der Waals surface area contributed by atoms with Crippen molar-refractivity contribution in [3.8, 4) is 0 Å². The van der Waals surface area contributed by atoms with Crippen molar-refractivity contribution >= 4 is 23.4 Å². The Morgan fingerprint density at radius 1 is 0.966 bits per heavy atom. The molecule has 0 bridgehead atoms. The van der Waals surface area contributed by atoms with Crippen molar-refractivity contribution in [3.05, 3.63) is 0 Å². The summed E-state index contributed by atoms with van der Waals surface area (Å²) in [5.41, 5.74) is 5.77. The van der Waals surface area contributed by atoms with Crippen molar-refractivity contribution in [1.29, 1.82) is 0 Å². The van der Waals surface area contributed by atoms with Crippen molar-refractivity contribution < 1.29 is 29.4 Å². The number of aliphatic hydroxyl groups is 2. The lowest BCUT2D eigenvalue weighted by molar-refractivity contribution is -0.148. The maximum atomic E-state index is 13.2. The Balaban J connectivity index is 2.11. The third-order valence-electron chi connectivity index (χ3n) is 6.06. The van der Waals surface area contributed by atoms with Gasteiger partial charge in [-0.3, -0.25) is 19.2 Å². The van der Waals surface area contributed by atoms with Crippen LogP contribution in [0.1, 0.15) is 52.9 Å². The van der Waals surface area contributed by atoms with Gasteiger partial charge in [0.25, 0.3) is 0 Å². The van der Waals surface area contributed by atoms with Crippen LogP contribution in [-0.2, 0) is 19.2 Å². The number of nitrogens with zero attached hydrogens (tertiary/aromatic N) is 2. The average Bonchev–Trinajstić information content (AvgIpc) is 3.32. The van der Waals surface area contributed by atoms with Gasteiger partial charge in [-0.15, -0.1) is 0 Å². The normalized spacial score (nSPS) is 26.1. The summed E-state index contributed by atoms with van der Waals surface area (Å²) in [4.78, 5) is 53.2. The lowest BCUT2D eigenvalue weighted by Gasteiger charge is -2.33. The Bertz CT molecular complexity index is 650. The first kappa shape index (κ1) is 23.4. The molecule has 2 fully saturated rings. The highest BCUT2D eigenvalue weighted by Crippen LogP contribution is 2.27. The first-order chi connectivity index (χ1) is 13.6. The summed E-state index contributed by atoms with van der Waals surface area (Å²) < 4.78 is 0. The van der Waals surface area contributed by atoms with E-state index in [2.05, 4.69) is 0 Å². The van der Waals surface area contributed by atoms with Crippen molar-refractivity contribution in [1.82, 2.24) is 9.80 Å². The second-order valence-corrected chi connectivity index (χ2v) is 8.27. The Morgan fingerprint density at radius 2 is 1.52 bits per heavy atom. The molecule has 2 amide bonds. The van der Waals surface area contributed by atoms with Gasteiger partial charge in [0.05, 0.1) is 18.2 Å². The molecule has 29 heavy (non-hydrogen) atoms. The van der Waals surface area contributed by atoms with Gasteiger partial charge in [-0.2, -0.15) is 0 Å². The second kappa shape index (κ2) is 9.77. The maximum Gasteiger partial charge on any atom is 0.245 e. The molecule has 2 saturated heterocycles. The zero-order valence-electron chi connectivity index (χ0n) is 17.4. The van der Waals surface area contributed by atoms with Gasteiger partial charge < -0.3 is 25.7 Å². The summed E-state index contributed by atoms with van der Waals surface area (Å²) in [7, 11) is 0. The number of amides is 2. The summed E-state index contributed by atoms with van der Waals surface area (Å²) in [5, 5.41) is 19.4. The number of hydrogen-bond donors (Lipinski definition) is 3. The van der Waals surface area contributed by atoms with E-state index in [1.54, 1.807) is 0 Å². The number of nitrogens with two attached hydrogens (primary N) is 1. The van der Waals surface area contributed by atoms with Gasteiger partial charge in [0.1, 0.15) is 17.9 Å². The molecular weight excluding hydrogens is 378 g/mol. The Morgan fingerprint density at radius 3 is 2.03 bits per heavy atom. The predicted octanol–water partition coefficient (Wildman–Crippen LogP) is -0.778. The molecule has 2 heterocycles. The van der Waals surface area contributed by atoms with Gasteiger partial charge in [0, 0.05) is 25.4 Å². The number of Topliss-reactive ketones (excluding diaryl/α,β-unsaturated/α-hetero) is 2. The molecule has 2 aliphatic rings. The van der Waals surface area contributed by atoms with Crippen LogP contribution in [0.2, 0.25) is 0 Å². The number of rotatable bonds is 8. The zero-order chi connectivity index (χ0) is 21.9. The molecule has 0 aromatic heterocycles. The van der Waals surface area contributed by atoms with Crippen LogP contribution in [0, 0.1) is 5.92 Å². The van der Waals surface area contributed by atoms with Gasteiger partial charge >= 0.3 is 0 Å². The molecule has 164 valence electrons. The highest BCUT2D eigenvalue weighted by Gasteiger charge is 2.43. The molecule has 0 radical (unpaired) electrons. The fourth-order valence-corrected chi connectivity index (χ4v) is 4.25. The minimum Gasteiger partial charge on any atom is -0.393 e. The van der Waals surface area contributed by atoms with E-state index < -0.39 is 42.2 Å². The van der Waals surface area contributed by atoms with Crippen LogP contribution in [0.4, 0.5) is 0 Å². The zero-order valence-corrected chi connectivity index (χ0v) is 17.4. The fourth-order valence-electron chi connectivity index (χ4n) is 4.25. The Labute approximate surface area is 171 Å². The van der Waals surface area contributed by atoms with Gasteiger partial charge in [0.15, 0.2) is 5.78 Å². The highest BCUT2D eigenvalue weighted by atomic mass is 16.3. The van der Waals surface area contributed by atoms with Gasteiger partial charge in [0.2, 0.25) is 11.8 Å². The van der Waals surface area contributed by atoms with E-state index in [1.165, 1.54) is 30.6 Å². The minimum atomic E-state index is -1.10. The van der Waals surface area contributed by atoms with Crippen molar-refractivity contribution in [2.24, 2.45) is 11.7 Å². The predicted molar refractivity (Wildman–Crippen MR) is 105 cm³/mol. The minimum absolute atomic E-state index is 0.109. The monoisotopic (exact) mass is 411 g/mol. The largest absolute Gasteiger partial charge is 0.393 e. The first-order valence-electron chi connectivity index (χ1n) is 10.3. The van der Waals surface area contributed by atoms with E-state index in [0.29, 0.717) is 38.8 Å². The molecule has 0 spiro atoms. The summed E-state index contributed by atoms with van der Waals surface area (Å²) in [6.07, 6.45) is 0.226. The number of ketones is 2. The number of likely N-dealkylation sites (tertiary alicyclic amines) is 2. The van der Waals surface area contributed by atoms with E-state index in [1.807, 2.05) is 0 Å². The van der Waals surface area contributed by atoms with Crippen molar-refractivity contribution in [2.75, 3.05) is 13.1 Å². The smallest absolute Gasteiger partial charge is 0.245 e. The van der Waals surface area contributed by atoms with Crippen LogP contribution >= 0.6 is 0 Å². The highest BCUT2D eigenvalue weighted by molar-refractivity contribution is 5.96. The second-order valence-electron chi connectivity index (χ2n) is 8.27. The van der Waals surface area contributed by atoms with Gasteiger partial charge in [-0.05, 0) is 46.5 Å². The molecule has 4 N–H and O–H groups in total. The van der Waals surface area contributed by atoms with E-state index in [0.717, 1.165) is 0 Å². The van der Waals surface area contributed by atoms with Crippen LogP contribution in [0.5, 0.6) is 0 Å². The molecule has 6 atom stereocenters. The SMILES string of the molecule is CC(=O)[C@@H](CC(=O)C1CCCN1C(=O)C1CCCN1C(=O)C(N)[C@@H](C)O)[C@@H](C)O. The van der Waals surface area contributed by atoms with Gasteiger partial charge in [-0.1, -0.05) is 0 Å². The molecule has 0 saturated carbocycles. The molecule has 0 aliphatic carbocycles. The standard InChI is InChI=1S/C20H33N3O6/c1-11(24)14(12(2)25)10-17(27)15-6-4-8-22(15)19(28)16-7-5-9-23(16)20(29)18(21)13(3)26/h11,13-16,18,24,26H,4-10,21H2,1-3H3/t11-,13-,14+,15?,16?,18?/m1/s1. The lowest BCUT2D eigenvalue weighted by Crippen LogP contribution is -2.56. The van der Waals surface area contributed by atoms with E-state index in [4.69, 9.17) is 5.73 Å². The third kappa shape index (κ3) is 5.21. The van der Waals surface area contributed by atoms with Crippen LogP contribution in [-0.4, -0.2) is 86.8 Å². The number of aliphatic hydroxyl groups excluding tert-OH is 2. The Kier molecular flexibility index (Phi) is 7.90. The van der Waals surface area contributed by atoms with Crippen LogP contribution < -0.4 is 5.73 Å². The lowest BCUT2D eigenvalue weighted by atomic mass is 9.90. The summed E-state index contributed by atoms with van der Waals surface area (Å²) in [6, 6.07) is -2.44. The number of carbonyl (C=O) groups excluding carboxylic acids is 4.